The summed E-state index contributed by atoms with van der Waals surface area (Å²) in [5.41, 5.74) is 3.04. The third kappa shape index (κ3) is 5.03. The zero-order valence-corrected chi connectivity index (χ0v) is 22.9. The molecule has 1 saturated heterocycles. The number of pyridine rings is 1. The van der Waals surface area contributed by atoms with Gasteiger partial charge in [-0.25, -0.2) is 9.97 Å². The number of anilines is 1. The molecule has 9 nitrogen and oxygen atoms in total. The van der Waals surface area contributed by atoms with Gasteiger partial charge in [-0.2, -0.15) is 5.10 Å². The van der Waals surface area contributed by atoms with Crippen LogP contribution >= 0.6 is 23.2 Å². The van der Waals surface area contributed by atoms with Gasteiger partial charge >= 0.3 is 0 Å². The second-order valence-electron chi connectivity index (χ2n) is 9.89. The highest BCUT2D eigenvalue weighted by molar-refractivity contribution is 6.35. The van der Waals surface area contributed by atoms with Crippen LogP contribution in [-0.2, 0) is 0 Å². The Morgan fingerprint density at radius 1 is 1.03 bits per heavy atom. The van der Waals surface area contributed by atoms with E-state index in [1.807, 2.05) is 19.1 Å². The van der Waals surface area contributed by atoms with E-state index in [1.54, 1.807) is 31.9 Å². The highest BCUT2D eigenvalue weighted by Crippen LogP contribution is 2.40. The molecule has 1 fully saturated rings. The summed E-state index contributed by atoms with van der Waals surface area (Å²) in [7, 11) is 1.59. The maximum absolute atomic E-state index is 6.34. The van der Waals surface area contributed by atoms with Crippen molar-refractivity contribution in [3.05, 3.63) is 52.5 Å². The van der Waals surface area contributed by atoms with Gasteiger partial charge in [-0.1, -0.05) is 37.0 Å². The fraction of sp³-hybridized carbons (Fsp3) is 0.385. The Morgan fingerprint density at radius 2 is 1.70 bits per heavy atom. The van der Waals surface area contributed by atoms with Gasteiger partial charge in [-0.05, 0) is 19.9 Å². The molecule has 0 radical (unpaired) electrons. The van der Waals surface area contributed by atoms with Crippen molar-refractivity contribution < 1.29 is 9.47 Å². The molecule has 0 amide bonds. The van der Waals surface area contributed by atoms with Crippen LogP contribution in [0.15, 0.2) is 36.9 Å². The molecule has 2 N–H and O–H groups in total. The van der Waals surface area contributed by atoms with E-state index < -0.39 is 6.10 Å². The lowest BCUT2D eigenvalue weighted by Gasteiger charge is -2.49. The Labute approximate surface area is 225 Å². The van der Waals surface area contributed by atoms with Gasteiger partial charge in [0.1, 0.15) is 11.8 Å². The lowest BCUT2D eigenvalue weighted by atomic mass is 9.92. The fourth-order valence-corrected chi connectivity index (χ4v) is 5.56. The van der Waals surface area contributed by atoms with Gasteiger partial charge in [0.2, 0.25) is 5.95 Å². The van der Waals surface area contributed by atoms with E-state index in [1.165, 1.54) is 0 Å². The van der Waals surface area contributed by atoms with Crippen molar-refractivity contribution >= 4 is 40.1 Å². The van der Waals surface area contributed by atoms with Crippen molar-refractivity contribution in [2.75, 3.05) is 25.1 Å². The van der Waals surface area contributed by atoms with Crippen LogP contribution < -0.4 is 19.7 Å². The minimum Gasteiger partial charge on any atom is -0.493 e. The maximum Gasteiger partial charge on any atom is 0.225 e. The quantitative estimate of drug-likeness (QED) is 0.303. The van der Waals surface area contributed by atoms with Gasteiger partial charge in [-0.15, -0.1) is 0 Å². The van der Waals surface area contributed by atoms with Gasteiger partial charge in [0.05, 0.1) is 28.2 Å². The number of benzene rings is 1. The van der Waals surface area contributed by atoms with Crippen molar-refractivity contribution in [2.45, 2.75) is 45.4 Å². The Hall–Kier alpha value is -3.14. The highest BCUT2D eigenvalue weighted by Gasteiger charge is 2.40. The zero-order valence-electron chi connectivity index (χ0n) is 21.3. The van der Waals surface area contributed by atoms with E-state index in [-0.39, 0.29) is 5.54 Å². The average Bonchev–Trinajstić information content (AvgIpc) is 3.24. The van der Waals surface area contributed by atoms with Gasteiger partial charge in [0, 0.05) is 66.5 Å². The van der Waals surface area contributed by atoms with Crippen LogP contribution in [0.25, 0.3) is 22.2 Å². The van der Waals surface area contributed by atoms with Crippen molar-refractivity contribution in [3.63, 3.8) is 0 Å². The summed E-state index contributed by atoms with van der Waals surface area (Å²) in [5.74, 6) is 1.79. The van der Waals surface area contributed by atoms with E-state index in [0.29, 0.717) is 39.1 Å². The molecule has 0 aliphatic carbocycles. The lowest BCUT2D eigenvalue weighted by molar-refractivity contribution is 0.216. The second-order valence-corrected chi connectivity index (χ2v) is 10.7. The maximum atomic E-state index is 6.34. The molecule has 5 rings (SSSR count). The number of rotatable bonds is 8. The van der Waals surface area contributed by atoms with Crippen LogP contribution in [0.5, 0.6) is 11.5 Å². The number of hydrogen-bond donors (Lipinski definition) is 2. The average molecular weight is 542 g/mol. The standard InChI is InChI=1S/C26H29Cl2N7O2/c1-14(2)32-26(4)12-35(13-26)25-30-8-16(9-31-25)24-17-6-22(21(36-5)7-20(17)33-34-24)37-15(3)23-18(27)10-29-11-19(23)28/h6-11,14-15,32H,12-13H2,1-5H3,(H,33,34)/t15-/m1/s1. The molecule has 0 bridgehead atoms. The Bertz CT molecular complexity index is 1400. The Morgan fingerprint density at radius 3 is 2.32 bits per heavy atom. The molecular formula is C26H29Cl2N7O2. The summed E-state index contributed by atoms with van der Waals surface area (Å²) in [6.45, 7) is 10.1. The first-order chi connectivity index (χ1) is 17.7. The number of aromatic amines is 1. The first-order valence-corrected chi connectivity index (χ1v) is 12.8. The molecule has 37 heavy (non-hydrogen) atoms. The van der Waals surface area contributed by atoms with Crippen LogP contribution in [0, 0.1) is 0 Å². The number of fused-ring (bicyclic) bond motifs is 1. The minimum absolute atomic E-state index is 0.0753. The summed E-state index contributed by atoms with van der Waals surface area (Å²) in [4.78, 5) is 15.4. The number of methoxy groups -OCH3 is 1. The van der Waals surface area contributed by atoms with E-state index >= 15 is 0 Å². The summed E-state index contributed by atoms with van der Waals surface area (Å²) in [6, 6.07) is 4.16. The third-order valence-corrected chi connectivity index (χ3v) is 6.96. The molecule has 1 aromatic carbocycles. The SMILES string of the molecule is COc1cc2[nH]nc(-c3cnc(N4CC(C)(NC(C)C)C4)nc3)c2cc1O[C@H](C)c1c(Cl)cncc1Cl. The van der Waals surface area contributed by atoms with E-state index in [4.69, 9.17) is 32.7 Å². The predicted molar refractivity (Wildman–Crippen MR) is 146 cm³/mol. The lowest BCUT2D eigenvalue weighted by Crippen LogP contribution is -2.69. The number of halogens is 2. The molecule has 1 atom stereocenters. The molecule has 11 heteroatoms. The molecule has 4 heterocycles. The number of ether oxygens (including phenoxy) is 2. The van der Waals surface area contributed by atoms with Crippen molar-refractivity contribution in [1.29, 1.82) is 0 Å². The van der Waals surface area contributed by atoms with Gasteiger partial charge in [-0.3, -0.25) is 10.1 Å². The van der Waals surface area contributed by atoms with Gasteiger partial charge in [0.25, 0.3) is 0 Å². The summed E-state index contributed by atoms with van der Waals surface area (Å²) in [5, 5.41) is 12.9. The predicted octanol–water partition coefficient (Wildman–Crippen LogP) is 5.45. The first-order valence-electron chi connectivity index (χ1n) is 12.0. The smallest absolute Gasteiger partial charge is 0.225 e. The molecule has 4 aromatic rings. The molecule has 0 unspecified atom stereocenters. The van der Waals surface area contributed by atoms with Crippen molar-refractivity contribution in [1.82, 2.24) is 30.5 Å². The Balaban J connectivity index is 1.40. The second kappa shape index (κ2) is 9.96. The summed E-state index contributed by atoms with van der Waals surface area (Å²) >= 11 is 12.7. The third-order valence-electron chi connectivity index (χ3n) is 6.36. The molecule has 0 spiro atoms. The molecule has 0 saturated carbocycles. The number of aromatic nitrogens is 5. The van der Waals surface area contributed by atoms with Crippen LogP contribution in [0.2, 0.25) is 10.0 Å². The van der Waals surface area contributed by atoms with Gasteiger partial charge < -0.3 is 19.7 Å². The molecule has 3 aromatic heterocycles. The first kappa shape index (κ1) is 25.5. The monoisotopic (exact) mass is 541 g/mol. The fourth-order valence-electron chi connectivity index (χ4n) is 4.89. The topological polar surface area (TPSA) is 101 Å². The van der Waals surface area contributed by atoms with Crippen LogP contribution in [-0.4, -0.2) is 56.9 Å². The van der Waals surface area contributed by atoms with E-state index in [9.17, 15) is 0 Å². The van der Waals surface area contributed by atoms with Crippen LogP contribution in [0.4, 0.5) is 5.95 Å². The molecule has 1 aliphatic heterocycles. The number of H-pyrrole nitrogens is 1. The summed E-state index contributed by atoms with van der Waals surface area (Å²) in [6.07, 6.45) is 6.24. The molecule has 1 aliphatic rings. The van der Waals surface area contributed by atoms with Crippen LogP contribution in [0.1, 0.15) is 39.4 Å². The highest BCUT2D eigenvalue weighted by atomic mass is 35.5. The van der Waals surface area contributed by atoms with Crippen molar-refractivity contribution in [2.24, 2.45) is 0 Å². The normalized spacial score (nSPS) is 15.6. The van der Waals surface area contributed by atoms with E-state index in [2.05, 4.69) is 56.1 Å². The Kier molecular flexibility index (Phi) is 6.87. The van der Waals surface area contributed by atoms with Crippen molar-refractivity contribution in [3.8, 4) is 22.8 Å². The van der Waals surface area contributed by atoms with Gasteiger partial charge in [0.15, 0.2) is 11.5 Å². The number of nitrogens with zero attached hydrogens (tertiary/aromatic N) is 5. The molecule has 194 valence electrons. The van der Waals surface area contributed by atoms with Crippen LogP contribution in [0.3, 0.4) is 0 Å². The number of hydrogen-bond acceptors (Lipinski definition) is 8. The number of nitrogens with one attached hydrogen (secondary N) is 2. The molecular weight excluding hydrogens is 513 g/mol. The minimum atomic E-state index is -0.445. The van der Waals surface area contributed by atoms with E-state index in [0.717, 1.165) is 35.2 Å². The largest absolute Gasteiger partial charge is 0.493 e. The zero-order chi connectivity index (χ0) is 26.3. The summed E-state index contributed by atoms with van der Waals surface area (Å²) < 4.78 is 11.8.